The van der Waals surface area contributed by atoms with Crippen LogP contribution in [0.15, 0.2) is 17.7 Å². The molecule has 0 bridgehead atoms. The zero-order valence-electron chi connectivity index (χ0n) is 16.6. The van der Waals surface area contributed by atoms with E-state index in [0.29, 0.717) is 12.1 Å². The lowest BCUT2D eigenvalue weighted by molar-refractivity contribution is -0.291. The maximum absolute atomic E-state index is 13.8. The van der Waals surface area contributed by atoms with E-state index in [0.717, 1.165) is 14.2 Å². The molecule has 0 atom stereocenters. The Hall–Kier alpha value is -2.40. The van der Waals surface area contributed by atoms with Crippen molar-refractivity contribution in [2.75, 3.05) is 14.2 Å². The Kier molecular flexibility index (Phi) is 6.39. The molecule has 0 amide bonds. The van der Waals surface area contributed by atoms with Gasteiger partial charge in [0.1, 0.15) is 22.7 Å². The predicted molar refractivity (Wildman–Crippen MR) is 93.5 cm³/mol. The largest absolute Gasteiger partial charge is 0.506 e. The second-order valence-electron chi connectivity index (χ2n) is 7.36. The Morgan fingerprint density at radius 1 is 1.13 bits per heavy atom. The molecule has 2 rings (SSSR count). The number of Topliss-reactive ketones (excluding diaryl/α,β-unsaturated/α-hetero) is 2. The molecule has 166 valence electrons. The standard InChI is InChI=1S/C19H20F5NO5/c1-17(2)8-7-10(26)12(15(17)28)14(27)9-5-6-11(18(20,21)19(22,23)24)25-13(9)16(29-3)30-4/h5-6,16,27H,7-8H2,1-4H3. The van der Waals surface area contributed by atoms with Crippen LogP contribution in [-0.4, -0.2) is 42.1 Å². The molecular weight excluding hydrogens is 417 g/mol. The summed E-state index contributed by atoms with van der Waals surface area (Å²) in [6, 6.07) is 1.07. The highest BCUT2D eigenvalue weighted by molar-refractivity contribution is 6.27. The number of allylic oxidation sites excluding steroid dienone is 1. The smallest absolute Gasteiger partial charge is 0.459 e. The number of aliphatic hydroxyl groups is 1. The summed E-state index contributed by atoms with van der Waals surface area (Å²) in [5.41, 5.74) is -4.28. The first-order chi connectivity index (χ1) is 13.7. The number of halogens is 5. The lowest BCUT2D eigenvalue weighted by Crippen LogP contribution is -2.36. The molecule has 11 heteroatoms. The SMILES string of the molecule is COC(OC)c1nc(C(F)(F)C(F)(F)F)ccc1C(O)=C1C(=O)CCC(C)(C)C1=O. The van der Waals surface area contributed by atoms with E-state index in [2.05, 4.69) is 4.98 Å². The number of hydrogen-bond donors (Lipinski definition) is 1. The molecule has 1 aliphatic carbocycles. The van der Waals surface area contributed by atoms with E-state index in [4.69, 9.17) is 9.47 Å². The second-order valence-corrected chi connectivity index (χ2v) is 7.36. The minimum atomic E-state index is -5.92. The Labute approximate surface area is 168 Å². The molecule has 1 N–H and O–H groups in total. The van der Waals surface area contributed by atoms with Crippen LogP contribution in [0.5, 0.6) is 0 Å². The molecule has 6 nitrogen and oxygen atoms in total. The van der Waals surface area contributed by atoms with E-state index >= 15 is 0 Å². The van der Waals surface area contributed by atoms with Crippen molar-refractivity contribution in [3.8, 4) is 0 Å². The summed E-state index contributed by atoms with van der Waals surface area (Å²) in [5.74, 6) is -7.55. The monoisotopic (exact) mass is 437 g/mol. The summed E-state index contributed by atoms with van der Waals surface area (Å²) in [6.45, 7) is 3.13. The molecule has 1 aromatic rings. The van der Waals surface area contributed by atoms with Crippen LogP contribution in [0.25, 0.3) is 5.76 Å². The molecule has 1 aliphatic rings. The molecule has 0 saturated heterocycles. The van der Waals surface area contributed by atoms with Crippen molar-refractivity contribution >= 4 is 17.3 Å². The third kappa shape index (κ3) is 4.08. The Balaban J connectivity index is 2.76. The van der Waals surface area contributed by atoms with Gasteiger partial charge in [0, 0.05) is 31.6 Å². The highest BCUT2D eigenvalue weighted by atomic mass is 19.4. The van der Waals surface area contributed by atoms with Gasteiger partial charge in [0.2, 0.25) is 6.29 Å². The summed E-state index contributed by atoms with van der Waals surface area (Å²) >= 11 is 0. The van der Waals surface area contributed by atoms with Gasteiger partial charge in [-0.1, -0.05) is 13.8 Å². The Bertz CT molecular complexity index is 888. The molecule has 0 radical (unpaired) electrons. The van der Waals surface area contributed by atoms with Crippen molar-refractivity contribution in [3.05, 3.63) is 34.7 Å². The molecule has 1 saturated carbocycles. The number of hydrogen-bond acceptors (Lipinski definition) is 6. The first-order valence-corrected chi connectivity index (χ1v) is 8.72. The normalized spacial score (nSPS) is 19.4. The van der Waals surface area contributed by atoms with Gasteiger partial charge in [-0.25, -0.2) is 4.98 Å². The van der Waals surface area contributed by atoms with E-state index in [1.54, 1.807) is 13.8 Å². The number of nitrogens with zero attached hydrogens (tertiary/aromatic N) is 1. The third-order valence-electron chi connectivity index (χ3n) is 4.84. The lowest BCUT2D eigenvalue weighted by atomic mass is 9.72. The molecule has 1 aromatic heterocycles. The number of aromatic nitrogens is 1. The fourth-order valence-corrected chi connectivity index (χ4v) is 3.00. The van der Waals surface area contributed by atoms with Gasteiger partial charge in [-0.05, 0) is 18.6 Å². The number of carbonyl (C=O) groups is 2. The fourth-order valence-electron chi connectivity index (χ4n) is 3.00. The number of ketones is 2. The van der Waals surface area contributed by atoms with Gasteiger partial charge in [0.25, 0.3) is 0 Å². The summed E-state index contributed by atoms with van der Waals surface area (Å²) < 4.78 is 75.6. The van der Waals surface area contributed by atoms with Gasteiger partial charge >= 0.3 is 12.1 Å². The Morgan fingerprint density at radius 2 is 1.70 bits per heavy atom. The maximum atomic E-state index is 13.8. The van der Waals surface area contributed by atoms with Gasteiger partial charge < -0.3 is 14.6 Å². The van der Waals surface area contributed by atoms with Crippen molar-refractivity contribution in [2.24, 2.45) is 5.41 Å². The van der Waals surface area contributed by atoms with E-state index in [-0.39, 0.29) is 12.8 Å². The van der Waals surface area contributed by atoms with E-state index in [1.807, 2.05) is 0 Å². The molecule has 0 aromatic carbocycles. The first kappa shape index (κ1) is 23.9. The predicted octanol–water partition coefficient (Wildman–Crippen LogP) is 4.25. The lowest BCUT2D eigenvalue weighted by Gasteiger charge is -2.29. The second kappa shape index (κ2) is 8.03. The highest BCUT2D eigenvalue weighted by Crippen LogP contribution is 2.44. The zero-order chi connectivity index (χ0) is 23.1. The summed E-state index contributed by atoms with van der Waals surface area (Å²) in [6.07, 6.45) is -7.30. The average Bonchev–Trinajstić information content (AvgIpc) is 2.65. The van der Waals surface area contributed by atoms with Crippen LogP contribution in [0.2, 0.25) is 0 Å². The molecule has 30 heavy (non-hydrogen) atoms. The van der Waals surface area contributed by atoms with Gasteiger partial charge in [0.15, 0.2) is 11.6 Å². The van der Waals surface area contributed by atoms with Gasteiger partial charge in [-0.2, -0.15) is 22.0 Å². The van der Waals surface area contributed by atoms with Gasteiger partial charge in [-0.3, -0.25) is 9.59 Å². The molecule has 0 spiro atoms. The van der Waals surface area contributed by atoms with E-state index < -0.39 is 63.7 Å². The topological polar surface area (TPSA) is 85.7 Å². The summed E-state index contributed by atoms with van der Waals surface area (Å²) in [5, 5.41) is 10.7. The first-order valence-electron chi connectivity index (χ1n) is 8.72. The number of pyridine rings is 1. The fraction of sp³-hybridized carbons (Fsp3) is 0.526. The summed E-state index contributed by atoms with van der Waals surface area (Å²) in [4.78, 5) is 28.3. The highest BCUT2D eigenvalue weighted by Gasteiger charge is 2.60. The number of aliphatic hydroxyl groups excluding tert-OH is 1. The van der Waals surface area contributed by atoms with Crippen LogP contribution >= 0.6 is 0 Å². The Morgan fingerprint density at radius 3 is 2.20 bits per heavy atom. The van der Waals surface area contributed by atoms with Crippen LogP contribution in [0.3, 0.4) is 0 Å². The molecule has 0 unspecified atom stereocenters. The van der Waals surface area contributed by atoms with Gasteiger partial charge in [-0.15, -0.1) is 0 Å². The van der Waals surface area contributed by atoms with Crippen molar-refractivity contribution in [2.45, 2.75) is 45.1 Å². The van der Waals surface area contributed by atoms with Crippen LogP contribution in [0.4, 0.5) is 22.0 Å². The van der Waals surface area contributed by atoms with Crippen LogP contribution < -0.4 is 0 Å². The number of carbonyl (C=O) groups excluding carboxylic acids is 2. The van der Waals surface area contributed by atoms with E-state index in [1.165, 1.54) is 0 Å². The summed E-state index contributed by atoms with van der Waals surface area (Å²) in [7, 11) is 2.14. The zero-order valence-corrected chi connectivity index (χ0v) is 16.6. The average molecular weight is 437 g/mol. The van der Waals surface area contributed by atoms with Crippen LogP contribution in [0, 0.1) is 5.41 Å². The van der Waals surface area contributed by atoms with E-state index in [9.17, 15) is 36.6 Å². The quantitative estimate of drug-likeness (QED) is 0.244. The minimum Gasteiger partial charge on any atom is -0.506 e. The molecule has 1 fully saturated rings. The van der Waals surface area contributed by atoms with Crippen molar-refractivity contribution in [1.29, 1.82) is 0 Å². The molecule has 1 heterocycles. The van der Waals surface area contributed by atoms with Crippen molar-refractivity contribution in [1.82, 2.24) is 4.98 Å². The number of methoxy groups -OCH3 is 2. The maximum Gasteiger partial charge on any atom is 0.459 e. The van der Waals surface area contributed by atoms with Crippen LogP contribution in [0.1, 0.15) is 49.9 Å². The number of alkyl halides is 5. The number of ether oxygens (including phenoxy) is 2. The van der Waals surface area contributed by atoms with Crippen molar-refractivity contribution in [3.63, 3.8) is 0 Å². The van der Waals surface area contributed by atoms with Gasteiger partial charge in [0.05, 0.1) is 0 Å². The molecule has 0 aliphatic heterocycles. The van der Waals surface area contributed by atoms with Crippen molar-refractivity contribution < 1.29 is 46.1 Å². The number of rotatable bonds is 5. The minimum absolute atomic E-state index is 0.0525. The molecular formula is C19H20F5NO5. The third-order valence-corrected chi connectivity index (χ3v) is 4.84. The van der Waals surface area contributed by atoms with Crippen LogP contribution in [-0.2, 0) is 25.0 Å².